The summed E-state index contributed by atoms with van der Waals surface area (Å²) in [7, 11) is 1.33. The van der Waals surface area contributed by atoms with Crippen molar-refractivity contribution in [3.63, 3.8) is 0 Å². The van der Waals surface area contributed by atoms with Crippen molar-refractivity contribution in [2.75, 3.05) is 0 Å². The summed E-state index contributed by atoms with van der Waals surface area (Å²) in [4.78, 5) is 13.9. The third-order valence-corrected chi connectivity index (χ3v) is 4.72. The monoisotopic (exact) mass is 442 g/mol. The first kappa shape index (κ1) is 22.4. The van der Waals surface area contributed by atoms with Gasteiger partial charge in [0.1, 0.15) is 11.4 Å². The summed E-state index contributed by atoms with van der Waals surface area (Å²) >= 11 is 0. The number of carbonyl (C=O) groups is 1. The molecule has 0 spiro atoms. The first-order valence-electron chi connectivity index (χ1n) is 9.28. The average molecular weight is 442 g/mol. The van der Waals surface area contributed by atoms with E-state index < -0.39 is 29.9 Å². The summed E-state index contributed by atoms with van der Waals surface area (Å²) in [6.45, 7) is 0.840. The van der Waals surface area contributed by atoms with Crippen LogP contribution < -0.4 is 5.73 Å². The molecule has 2 N–H and O–H groups in total. The van der Waals surface area contributed by atoms with Gasteiger partial charge < -0.3 is 5.73 Å². The number of hydrogen-bond donors (Lipinski definition) is 1. The van der Waals surface area contributed by atoms with E-state index in [1.54, 1.807) is 6.07 Å². The van der Waals surface area contributed by atoms with Gasteiger partial charge >= 0.3 is 6.18 Å². The number of primary amides is 1. The molecule has 3 aromatic heterocycles. The Morgan fingerprint density at radius 2 is 1.97 bits per heavy atom. The van der Waals surface area contributed by atoms with E-state index in [2.05, 4.69) is 15.2 Å². The quantitative estimate of drug-likeness (QED) is 0.626. The topological polar surface area (TPSA) is 91.6 Å². The molecule has 0 radical (unpaired) electrons. The van der Waals surface area contributed by atoms with Crippen molar-refractivity contribution in [2.45, 2.75) is 38.4 Å². The van der Waals surface area contributed by atoms with Crippen LogP contribution in [-0.2, 0) is 26.2 Å². The fourth-order valence-electron chi connectivity index (χ4n) is 3.20. The predicted molar refractivity (Wildman–Crippen MR) is 100 cm³/mol. The molecule has 31 heavy (non-hydrogen) atoms. The number of carbonyl (C=O) groups excluding carboxylic acids is 1. The van der Waals surface area contributed by atoms with Crippen LogP contribution in [0.15, 0.2) is 30.6 Å². The number of aromatic nitrogens is 5. The number of amides is 1. The highest BCUT2D eigenvalue weighted by atomic mass is 19.4. The minimum absolute atomic E-state index is 0.229. The van der Waals surface area contributed by atoms with E-state index in [0.717, 1.165) is 48.4 Å². The van der Waals surface area contributed by atoms with Gasteiger partial charge in [0, 0.05) is 31.0 Å². The lowest BCUT2D eigenvalue weighted by molar-refractivity contribution is -0.141. The van der Waals surface area contributed by atoms with E-state index >= 15 is 0 Å². The highest BCUT2D eigenvalue weighted by Gasteiger charge is 2.32. The first-order chi connectivity index (χ1) is 14.6. The number of halogens is 5. The molecule has 0 aliphatic carbocycles. The van der Waals surface area contributed by atoms with Crippen LogP contribution in [-0.4, -0.2) is 30.5 Å². The minimum atomic E-state index is -4.42. The number of aryl methyl sites for hydroxylation is 3. The van der Waals surface area contributed by atoms with Gasteiger partial charge in [0.25, 0.3) is 12.3 Å². The lowest BCUT2D eigenvalue weighted by atomic mass is 10.1. The van der Waals surface area contributed by atoms with E-state index in [-0.39, 0.29) is 5.56 Å². The molecule has 7 nitrogen and oxygen atoms in total. The van der Waals surface area contributed by atoms with Gasteiger partial charge in [-0.15, -0.1) is 0 Å². The third kappa shape index (κ3) is 5.06. The van der Waals surface area contributed by atoms with Crippen LogP contribution in [0.2, 0.25) is 0 Å². The second kappa shape index (κ2) is 8.82. The van der Waals surface area contributed by atoms with Gasteiger partial charge in [-0.1, -0.05) is 0 Å². The molecule has 4 rings (SSSR count). The second-order valence-electron chi connectivity index (χ2n) is 6.86. The molecule has 0 aromatic carbocycles. The van der Waals surface area contributed by atoms with Crippen molar-refractivity contribution < 1.29 is 26.7 Å². The molecular formula is C19H19F5N6O. The van der Waals surface area contributed by atoms with E-state index in [1.807, 2.05) is 10.7 Å². The van der Waals surface area contributed by atoms with E-state index in [4.69, 9.17) is 5.73 Å². The molecule has 1 amide bonds. The average Bonchev–Trinajstić information content (AvgIpc) is 3.31. The van der Waals surface area contributed by atoms with Crippen molar-refractivity contribution in [1.82, 2.24) is 24.5 Å². The molecular weight excluding hydrogens is 423 g/mol. The van der Waals surface area contributed by atoms with Gasteiger partial charge in [-0.25, -0.2) is 8.78 Å². The lowest BCUT2D eigenvalue weighted by Crippen LogP contribution is -2.13. The van der Waals surface area contributed by atoms with Crippen molar-refractivity contribution in [3.8, 4) is 11.3 Å². The van der Waals surface area contributed by atoms with Gasteiger partial charge in [0.15, 0.2) is 0 Å². The number of hydrogen-bond acceptors (Lipinski definition) is 4. The molecule has 0 bridgehead atoms. The number of nitrogens with two attached hydrogens (primary N) is 1. The van der Waals surface area contributed by atoms with Crippen LogP contribution in [0.4, 0.5) is 22.0 Å². The zero-order valence-corrected chi connectivity index (χ0v) is 16.4. The maximum atomic E-state index is 12.6. The van der Waals surface area contributed by atoms with Gasteiger partial charge in [-0.3, -0.25) is 19.1 Å². The molecule has 4 heterocycles. The predicted octanol–water partition coefficient (Wildman–Crippen LogP) is 3.76. The fraction of sp³-hybridized carbons (Fsp3) is 0.368. The van der Waals surface area contributed by atoms with Crippen LogP contribution in [0.3, 0.4) is 0 Å². The smallest absolute Gasteiger partial charge is 0.365 e. The van der Waals surface area contributed by atoms with Crippen molar-refractivity contribution in [1.29, 1.82) is 0 Å². The molecule has 0 atom stereocenters. The Kier molecular flexibility index (Phi) is 6.37. The Morgan fingerprint density at radius 3 is 2.55 bits per heavy atom. The van der Waals surface area contributed by atoms with Crippen LogP contribution >= 0.6 is 0 Å². The molecule has 0 saturated carbocycles. The number of alkyl halides is 5. The van der Waals surface area contributed by atoms with Crippen LogP contribution in [0, 0.1) is 0 Å². The summed E-state index contributed by atoms with van der Waals surface area (Å²) in [5.74, 6) is -0.890. The van der Waals surface area contributed by atoms with Crippen LogP contribution in [0.1, 0.15) is 46.7 Å². The summed E-state index contributed by atoms with van der Waals surface area (Å²) < 4.78 is 65.1. The molecule has 12 heteroatoms. The highest BCUT2D eigenvalue weighted by Crippen LogP contribution is 2.30. The van der Waals surface area contributed by atoms with Gasteiger partial charge in [-0.2, -0.15) is 23.4 Å². The maximum absolute atomic E-state index is 12.6. The summed E-state index contributed by atoms with van der Waals surface area (Å²) in [6, 6.07) is 4.48. The minimum Gasteiger partial charge on any atom is -0.365 e. The zero-order valence-electron chi connectivity index (χ0n) is 16.4. The van der Waals surface area contributed by atoms with Gasteiger partial charge in [0.05, 0.1) is 17.5 Å². The standard InChI is InChI=1S/C13H12F3N3.C6H7F2N3O/c14-13(15,16)12-7-9(4-5-17-12)11-8-10-3-1-2-6-19(10)18-11;1-11-4(5(7)8)3(2-10-11)6(9)12/h4-5,7-8H,1-3,6H2;2,5H,1H3,(H2,9,12). The summed E-state index contributed by atoms with van der Waals surface area (Å²) in [5.41, 5.74) is 5.43. The Morgan fingerprint density at radius 1 is 1.23 bits per heavy atom. The normalized spacial score (nSPS) is 13.5. The van der Waals surface area contributed by atoms with Crippen molar-refractivity contribution in [2.24, 2.45) is 12.8 Å². The summed E-state index contributed by atoms with van der Waals surface area (Å²) in [5, 5.41) is 7.86. The first-order valence-corrected chi connectivity index (χ1v) is 9.28. The Balaban J connectivity index is 0.000000196. The number of rotatable bonds is 3. The van der Waals surface area contributed by atoms with Gasteiger partial charge in [-0.05, 0) is 37.5 Å². The van der Waals surface area contributed by atoms with Crippen LogP contribution in [0.5, 0.6) is 0 Å². The number of nitrogens with zero attached hydrogens (tertiary/aromatic N) is 5. The highest BCUT2D eigenvalue weighted by molar-refractivity contribution is 5.93. The maximum Gasteiger partial charge on any atom is 0.433 e. The second-order valence-corrected chi connectivity index (χ2v) is 6.86. The van der Waals surface area contributed by atoms with Crippen molar-refractivity contribution in [3.05, 3.63) is 53.2 Å². The molecule has 166 valence electrons. The fourth-order valence-corrected chi connectivity index (χ4v) is 3.20. The Hall–Kier alpha value is -3.31. The zero-order chi connectivity index (χ0) is 22.8. The SMILES string of the molecule is Cn1ncc(C(N)=O)c1C(F)F.FC(F)(F)c1cc(-c2cc3n(n2)CCCC3)ccn1. The largest absolute Gasteiger partial charge is 0.433 e. The Bertz CT molecular complexity index is 1050. The van der Waals surface area contributed by atoms with Gasteiger partial charge in [0.2, 0.25) is 0 Å². The molecule has 0 unspecified atom stereocenters. The molecule has 3 aromatic rings. The van der Waals surface area contributed by atoms with Crippen molar-refractivity contribution >= 4 is 5.91 Å². The summed E-state index contributed by atoms with van der Waals surface area (Å²) in [6.07, 6.45) is -1.84. The Labute approximate surface area is 173 Å². The molecule has 1 aliphatic heterocycles. The van der Waals surface area contributed by atoms with E-state index in [9.17, 15) is 26.7 Å². The number of pyridine rings is 1. The van der Waals surface area contributed by atoms with Crippen LogP contribution in [0.25, 0.3) is 11.3 Å². The molecule has 1 aliphatic rings. The third-order valence-electron chi connectivity index (χ3n) is 4.72. The van der Waals surface area contributed by atoms with E-state index in [1.165, 1.54) is 13.2 Å². The lowest BCUT2D eigenvalue weighted by Gasteiger charge is -2.11. The molecule has 0 fully saturated rings. The molecule has 0 saturated heterocycles. The number of fused-ring (bicyclic) bond motifs is 1. The van der Waals surface area contributed by atoms with E-state index in [0.29, 0.717) is 11.3 Å².